The van der Waals surface area contributed by atoms with E-state index in [1.807, 2.05) is 0 Å². The van der Waals surface area contributed by atoms with Crippen LogP contribution in [0, 0.1) is 17.8 Å². The van der Waals surface area contributed by atoms with Crippen LogP contribution in [-0.2, 0) is 0 Å². The molecule has 1 aliphatic heterocycles. The predicted molar refractivity (Wildman–Crippen MR) is 83.5 cm³/mol. The van der Waals surface area contributed by atoms with Crippen LogP contribution in [0.3, 0.4) is 0 Å². The van der Waals surface area contributed by atoms with Crippen molar-refractivity contribution in [1.29, 1.82) is 0 Å². The molecule has 2 amide bonds. The summed E-state index contributed by atoms with van der Waals surface area (Å²) >= 11 is 0. The van der Waals surface area contributed by atoms with Crippen molar-refractivity contribution in [3.8, 4) is 0 Å². The largest absolute Gasteiger partial charge is 0.401 e. The average Bonchev–Trinajstić information content (AvgIpc) is 2.80. The van der Waals surface area contributed by atoms with Gasteiger partial charge in [-0.2, -0.15) is 13.2 Å². The molecule has 0 aromatic rings. The number of carbonyl (C=O) groups excluding carboxylic acids is 1. The van der Waals surface area contributed by atoms with Crippen LogP contribution in [0.2, 0.25) is 0 Å². The molecule has 4 nitrogen and oxygen atoms in total. The number of alkyl halides is 3. The fraction of sp³-hybridized carbons (Fsp3) is 0.941. The van der Waals surface area contributed by atoms with Crippen molar-refractivity contribution < 1.29 is 18.0 Å². The molecule has 0 aromatic heterocycles. The van der Waals surface area contributed by atoms with Gasteiger partial charge in [0.15, 0.2) is 0 Å². The number of amides is 2. The Bertz CT molecular complexity index is 473. The first-order chi connectivity index (χ1) is 11.3. The molecule has 5 rings (SSSR count). The Labute approximate surface area is 140 Å². The zero-order valence-corrected chi connectivity index (χ0v) is 13.9. The minimum Gasteiger partial charge on any atom is -0.334 e. The van der Waals surface area contributed by atoms with Crippen molar-refractivity contribution in [3.05, 3.63) is 0 Å². The van der Waals surface area contributed by atoms with Gasteiger partial charge in [0.1, 0.15) is 0 Å². The van der Waals surface area contributed by atoms with E-state index in [1.165, 1.54) is 24.2 Å². The number of hydrogen-bond donors (Lipinski definition) is 2. The lowest BCUT2D eigenvalue weighted by Gasteiger charge is -2.56. The van der Waals surface area contributed by atoms with Gasteiger partial charge >= 0.3 is 12.2 Å². The van der Waals surface area contributed by atoms with E-state index in [0.717, 1.165) is 37.0 Å². The molecule has 5 aliphatic rings. The van der Waals surface area contributed by atoms with Crippen LogP contribution in [0.25, 0.3) is 0 Å². The molecule has 0 aromatic carbocycles. The van der Waals surface area contributed by atoms with Gasteiger partial charge in [0.2, 0.25) is 0 Å². The maximum Gasteiger partial charge on any atom is 0.401 e. The fourth-order valence-electron chi connectivity index (χ4n) is 6.07. The monoisotopic (exact) mass is 345 g/mol. The van der Waals surface area contributed by atoms with E-state index in [0.29, 0.717) is 13.0 Å². The second kappa shape index (κ2) is 5.78. The molecular formula is C17H26F3N3O. The van der Waals surface area contributed by atoms with Crippen molar-refractivity contribution in [2.45, 2.75) is 62.7 Å². The SMILES string of the molecule is O=C(N[C@@H]1CCN(CC(F)(F)F)C1)NC12CC3CC(CC(C3)C1)C2. The molecule has 4 saturated carbocycles. The summed E-state index contributed by atoms with van der Waals surface area (Å²) in [5.41, 5.74) is -0.0525. The molecule has 1 heterocycles. The second-order valence-corrected chi connectivity index (χ2v) is 8.63. The lowest BCUT2D eigenvalue weighted by atomic mass is 9.53. The Morgan fingerprint density at radius 3 is 2.21 bits per heavy atom. The zero-order valence-electron chi connectivity index (χ0n) is 13.9. The number of nitrogens with one attached hydrogen (secondary N) is 2. The van der Waals surface area contributed by atoms with Gasteiger partial charge in [-0.15, -0.1) is 0 Å². The van der Waals surface area contributed by atoms with Gasteiger partial charge in [-0.25, -0.2) is 4.79 Å². The normalized spacial score (nSPS) is 41.6. The number of hydrogen-bond acceptors (Lipinski definition) is 2. The summed E-state index contributed by atoms with van der Waals surface area (Å²) < 4.78 is 37.3. The third-order valence-electron chi connectivity index (χ3n) is 6.43. The summed E-state index contributed by atoms with van der Waals surface area (Å²) in [6, 6.07) is -0.364. The minimum absolute atomic E-state index is 0.0525. The topological polar surface area (TPSA) is 44.4 Å². The molecule has 0 radical (unpaired) electrons. The molecule has 0 spiro atoms. The number of halogens is 3. The number of nitrogens with zero attached hydrogens (tertiary/aromatic N) is 1. The Kier molecular flexibility index (Phi) is 3.97. The number of urea groups is 1. The van der Waals surface area contributed by atoms with Crippen LogP contribution in [0.15, 0.2) is 0 Å². The summed E-state index contributed by atoms with van der Waals surface area (Å²) in [6.45, 7) is -0.211. The summed E-state index contributed by atoms with van der Waals surface area (Å²) in [7, 11) is 0. The summed E-state index contributed by atoms with van der Waals surface area (Å²) in [5.74, 6) is 2.26. The zero-order chi connectivity index (χ0) is 16.9. The Morgan fingerprint density at radius 1 is 1.08 bits per heavy atom. The third kappa shape index (κ3) is 3.51. The van der Waals surface area contributed by atoms with Gasteiger partial charge in [0.25, 0.3) is 0 Å². The predicted octanol–water partition coefficient (Wildman–Crippen LogP) is 2.89. The molecule has 5 fully saturated rings. The first-order valence-electron chi connectivity index (χ1n) is 9.16. The molecular weight excluding hydrogens is 319 g/mol. The Hall–Kier alpha value is -0.980. The number of rotatable bonds is 3. The molecule has 7 heteroatoms. The highest BCUT2D eigenvalue weighted by atomic mass is 19.4. The van der Waals surface area contributed by atoms with E-state index in [2.05, 4.69) is 10.6 Å². The van der Waals surface area contributed by atoms with Gasteiger partial charge in [-0.05, 0) is 62.7 Å². The van der Waals surface area contributed by atoms with Crippen LogP contribution in [-0.4, -0.2) is 48.3 Å². The molecule has 136 valence electrons. The van der Waals surface area contributed by atoms with Gasteiger partial charge in [-0.1, -0.05) is 0 Å². The highest BCUT2D eigenvalue weighted by molar-refractivity contribution is 5.75. The summed E-state index contributed by atoms with van der Waals surface area (Å²) in [6.07, 6.45) is 3.61. The number of likely N-dealkylation sites (tertiary alicyclic amines) is 1. The van der Waals surface area contributed by atoms with E-state index in [-0.39, 0.29) is 24.2 Å². The molecule has 2 N–H and O–H groups in total. The van der Waals surface area contributed by atoms with Crippen LogP contribution < -0.4 is 10.6 Å². The average molecular weight is 345 g/mol. The van der Waals surface area contributed by atoms with Crippen LogP contribution in [0.5, 0.6) is 0 Å². The van der Waals surface area contributed by atoms with Gasteiger partial charge in [0.05, 0.1) is 6.54 Å². The Morgan fingerprint density at radius 2 is 1.67 bits per heavy atom. The first kappa shape index (κ1) is 16.5. The summed E-state index contributed by atoms with van der Waals surface area (Å²) in [5, 5.41) is 6.13. The molecule has 1 atom stereocenters. The van der Waals surface area contributed by atoms with Crippen LogP contribution >= 0.6 is 0 Å². The van der Waals surface area contributed by atoms with Crippen LogP contribution in [0.1, 0.15) is 44.9 Å². The van der Waals surface area contributed by atoms with E-state index in [9.17, 15) is 18.0 Å². The van der Waals surface area contributed by atoms with Crippen molar-refractivity contribution in [3.63, 3.8) is 0 Å². The lowest BCUT2D eigenvalue weighted by molar-refractivity contribution is -0.143. The van der Waals surface area contributed by atoms with E-state index in [1.54, 1.807) is 0 Å². The highest BCUT2D eigenvalue weighted by Crippen LogP contribution is 2.55. The first-order valence-corrected chi connectivity index (χ1v) is 9.16. The second-order valence-electron chi connectivity index (χ2n) is 8.63. The molecule has 4 aliphatic carbocycles. The third-order valence-corrected chi connectivity index (χ3v) is 6.43. The van der Waals surface area contributed by atoms with Gasteiger partial charge in [-0.3, -0.25) is 4.90 Å². The number of carbonyl (C=O) groups is 1. The van der Waals surface area contributed by atoms with Gasteiger partial charge < -0.3 is 10.6 Å². The van der Waals surface area contributed by atoms with E-state index in [4.69, 9.17) is 0 Å². The highest BCUT2D eigenvalue weighted by Gasteiger charge is 2.51. The Balaban J connectivity index is 1.29. The van der Waals surface area contributed by atoms with Crippen molar-refractivity contribution in [2.75, 3.05) is 19.6 Å². The molecule has 24 heavy (non-hydrogen) atoms. The van der Waals surface area contributed by atoms with Crippen molar-refractivity contribution in [1.82, 2.24) is 15.5 Å². The quantitative estimate of drug-likeness (QED) is 0.826. The van der Waals surface area contributed by atoms with E-state index >= 15 is 0 Å². The van der Waals surface area contributed by atoms with Crippen LogP contribution in [0.4, 0.5) is 18.0 Å². The smallest absolute Gasteiger partial charge is 0.334 e. The van der Waals surface area contributed by atoms with Crippen molar-refractivity contribution >= 4 is 6.03 Å². The minimum atomic E-state index is -4.17. The molecule has 4 bridgehead atoms. The van der Waals surface area contributed by atoms with Crippen molar-refractivity contribution in [2.24, 2.45) is 17.8 Å². The molecule has 0 unspecified atom stereocenters. The maximum atomic E-state index is 12.4. The van der Waals surface area contributed by atoms with Gasteiger partial charge in [0, 0.05) is 24.7 Å². The fourth-order valence-corrected chi connectivity index (χ4v) is 6.07. The standard InChI is InChI=1S/C17H26F3N3O/c18-17(19,20)10-23-2-1-14(9-23)21-15(24)22-16-6-11-3-12(7-16)5-13(4-11)8-16/h11-14H,1-10H2,(H2,21,22,24)/t11?,12?,13?,14-,16?/m1/s1. The van der Waals surface area contributed by atoms with E-state index < -0.39 is 12.7 Å². The maximum absolute atomic E-state index is 12.4. The summed E-state index contributed by atoms with van der Waals surface area (Å²) in [4.78, 5) is 13.8. The molecule has 1 saturated heterocycles. The lowest BCUT2D eigenvalue weighted by Crippen LogP contribution is -2.62.